The Bertz CT molecular complexity index is 2110. The smallest absolute Gasteiger partial charge is 0.462 e. The molecule has 9 nitrogen and oxygen atoms in total. The number of phosphoric acid groups is 1. The number of rotatable bonds is 64. The molecular weight excluding hydrogens is 1120 g/mol. The van der Waals surface area contributed by atoms with E-state index in [1.54, 1.807) is 0 Å². The maximum Gasteiger partial charge on any atom is 0.472 e. The average molecular weight is 1250 g/mol. The van der Waals surface area contributed by atoms with Gasteiger partial charge in [0.2, 0.25) is 0 Å². The molecule has 10 heteroatoms. The zero-order valence-electron chi connectivity index (χ0n) is 56.3. The quantitative estimate of drug-likeness (QED) is 0.0264. The molecule has 0 aromatic rings. The number of unbranched alkanes of at least 4 members (excludes halogenated alkanes) is 21. The summed E-state index contributed by atoms with van der Waals surface area (Å²) in [4.78, 5) is 35.3. The number of hydrogen-bond acceptors (Lipinski definition) is 8. The van der Waals surface area contributed by atoms with Crippen molar-refractivity contribution in [2.75, 3.05) is 26.4 Å². The molecular formula is C79H128NO8P. The van der Waals surface area contributed by atoms with Crippen molar-refractivity contribution in [2.45, 2.75) is 277 Å². The van der Waals surface area contributed by atoms with E-state index in [0.717, 1.165) is 128 Å². The van der Waals surface area contributed by atoms with E-state index in [2.05, 4.69) is 196 Å². The molecule has 0 aromatic heterocycles. The number of carbonyl (C=O) groups is 2. The average Bonchev–Trinajstić information content (AvgIpc) is 3.58. The summed E-state index contributed by atoms with van der Waals surface area (Å²) in [6, 6.07) is 0. The fourth-order valence-electron chi connectivity index (χ4n) is 9.16. The first-order valence-corrected chi connectivity index (χ1v) is 36.8. The molecule has 0 radical (unpaired) electrons. The van der Waals surface area contributed by atoms with Gasteiger partial charge in [-0.2, -0.15) is 0 Å². The monoisotopic (exact) mass is 1250 g/mol. The third kappa shape index (κ3) is 72.1. The number of hydrogen-bond donors (Lipinski definition) is 2. The fraction of sp³-hybridized carbons (Fsp3) is 0.595. The summed E-state index contributed by atoms with van der Waals surface area (Å²) in [6.07, 6.45) is 108. The van der Waals surface area contributed by atoms with Gasteiger partial charge in [0, 0.05) is 19.4 Å². The molecule has 0 saturated carbocycles. The topological polar surface area (TPSA) is 134 Å². The lowest BCUT2D eigenvalue weighted by Gasteiger charge is -2.19. The molecule has 0 rings (SSSR count). The summed E-state index contributed by atoms with van der Waals surface area (Å²) >= 11 is 0. The largest absolute Gasteiger partial charge is 0.472 e. The molecule has 0 bridgehead atoms. The Hall–Kier alpha value is -4.89. The van der Waals surface area contributed by atoms with Crippen molar-refractivity contribution in [3.8, 4) is 0 Å². The van der Waals surface area contributed by atoms with E-state index >= 15 is 0 Å². The molecule has 0 aliphatic rings. The summed E-state index contributed by atoms with van der Waals surface area (Å²) in [5.74, 6) is -0.885. The third-order valence-corrected chi connectivity index (χ3v) is 15.3. The van der Waals surface area contributed by atoms with Crippen LogP contribution in [0.5, 0.6) is 0 Å². The van der Waals surface area contributed by atoms with Crippen molar-refractivity contribution < 1.29 is 37.6 Å². The maximum atomic E-state index is 12.7. The van der Waals surface area contributed by atoms with Crippen molar-refractivity contribution in [3.05, 3.63) is 182 Å². The molecule has 0 aromatic carbocycles. The van der Waals surface area contributed by atoms with Crippen molar-refractivity contribution >= 4 is 19.8 Å². The van der Waals surface area contributed by atoms with Crippen LogP contribution < -0.4 is 5.73 Å². The van der Waals surface area contributed by atoms with E-state index in [4.69, 9.17) is 24.3 Å². The summed E-state index contributed by atoms with van der Waals surface area (Å²) in [5, 5.41) is 0. The van der Waals surface area contributed by atoms with E-state index in [1.807, 2.05) is 0 Å². The van der Waals surface area contributed by atoms with Gasteiger partial charge >= 0.3 is 19.8 Å². The van der Waals surface area contributed by atoms with E-state index in [9.17, 15) is 19.0 Å². The second-order valence-corrected chi connectivity index (χ2v) is 24.1. The fourth-order valence-corrected chi connectivity index (χ4v) is 9.93. The van der Waals surface area contributed by atoms with Gasteiger partial charge < -0.3 is 20.1 Å². The first kappa shape index (κ1) is 84.1. The molecule has 502 valence electrons. The molecule has 0 spiro atoms. The number of phosphoric ester groups is 1. The maximum absolute atomic E-state index is 12.7. The first-order valence-electron chi connectivity index (χ1n) is 35.3. The summed E-state index contributed by atoms with van der Waals surface area (Å²) in [6.45, 7) is 3.46. The van der Waals surface area contributed by atoms with Gasteiger partial charge in [-0.15, -0.1) is 0 Å². The highest BCUT2D eigenvalue weighted by molar-refractivity contribution is 7.47. The lowest BCUT2D eigenvalue weighted by molar-refractivity contribution is -0.161. The highest BCUT2D eigenvalue weighted by Crippen LogP contribution is 2.43. The lowest BCUT2D eigenvalue weighted by Crippen LogP contribution is -2.29. The highest BCUT2D eigenvalue weighted by atomic mass is 31.2. The Morgan fingerprint density at radius 3 is 0.888 bits per heavy atom. The van der Waals surface area contributed by atoms with Crippen LogP contribution in [0.1, 0.15) is 271 Å². The van der Waals surface area contributed by atoms with E-state index in [1.165, 1.54) is 109 Å². The van der Waals surface area contributed by atoms with Gasteiger partial charge in [0.25, 0.3) is 0 Å². The first-order chi connectivity index (χ1) is 43.8. The van der Waals surface area contributed by atoms with Crippen LogP contribution in [-0.2, 0) is 32.7 Å². The number of carbonyl (C=O) groups excluding carboxylic acids is 2. The zero-order chi connectivity index (χ0) is 64.4. The van der Waals surface area contributed by atoms with E-state index < -0.39 is 32.5 Å². The van der Waals surface area contributed by atoms with E-state index in [0.29, 0.717) is 6.42 Å². The van der Waals surface area contributed by atoms with Crippen molar-refractivity contribution in [1.29, 1.82) is 0 Å². The van der Waals surface area contributed by atoms with Crippen molar-refractivity contribution in [2.24, 2.45) is 5.73 Å². The lowest BCUT2D eigenvalue weighted by atomic mass is 10.0. The van der Waals surface area contributed by atoms with Crippen LogP contribution in [0, 0.1) is 0 Å². The third-order valence-electron chi connectivity index (χ3n) is 14.3. The Morgan fingerprint density at radius 2 is 0.584 bits per heavy atom. The molecule has 0 aliphatic heterocycles. The Morgan fingerprint density at radius 1 is 0.337 bits per heavy atom. The Labute approximate surface area is 545 Å². The predicted molar refractivity (Wildman–Crippen MR) is 385 cm³/mol. The number of nitrogens with two attached hydrogens (primary N) is 1. The van der Waals surface area contributed by atoms with Crippen molar-refractivity contribution in [3.63, 3.8) is 0 Å². The van der Waals surface area contributed by atoms with Gasteiger partial charge in [-0.3, -0.25) is 18.6 Å². The van der Waals surface area contributed by atoms with Gasteiger partial charge in [-0.1, -0.05) is 305 Å². The van der Waals surface area contributed by atoms with Crippen LogP contribution in [0.2, 0.25) is 0 Å². The molecule has 2 atom stereocenters. The second-order valence-electron chi connectivity index (χ2n) is 22.6. The van der Waals surface area contributed by atoms with E-state index in [-0.39, 0.29) is 32.6 Å². The van der Waals surface area contributed by atoms with Crippen LogP contribution in [0.3, 0.4) is 0 Å². The predicted octanol–water partition coefficient (Wildman–Crippen LogP) is 23.5. The minimum atomic E-state index is -4.42. The summed E-state index contributed by atoms with van der Waals surface area (Å²) in [7, 11) is -4.42. The normalized spacial score (nSPS) is 14.1. The second kappa shape index (κ2) is 72.2. The minimum Gasteiger partial charge on any atom is -0.462 e. The number of esters is 2. The minimum absolute atomic E-state index is 0.0377. The highest BCUT2D eigenvalue weighted by Gasteiger charge is 2.26. The number of allylic oxidation sites excluding steroid dienone is 30. The van der Waals surface area contributed by atoms with Gasteiger partial charge in [0.1, 0.15) is 6.61 Å². The van der Waals surface area contributed by atoms with Gasteiger partial charge in [-0.05, 0) is 135 Å². The van der Waals surface area contributed by atoms with Crippen LogP contribution in [-0.4, -0.2) is 49.3 Å². The van der Waals surface area contributed by atoms with Crippen LogP contribution in [0.15, 0.2) is 182 Å². The van der Waals surface area contributed by atoms with Crippen LogP contribution >= 0.6 is 7.82 Å². The van der Waals surface area contributed by atoms with Crippen molar-refractivity contribution in [1.82, 2.24) is 0 Å². The SMILES string of the molecule is CC/C=C\C/C=C\C/C=C\C/C=C\C/C=C\C/C=C\C/C=C\C/C=C\C/C=C\C/C=C\CCCCC(=O)OC(COC(=O)CCCCCCCCCCCCCCCCCCCCC/C=C\C/C=C\C/C=C\C/C=C\C/C=C\CC)COP(=O)(O)OCCN. The zero-order valence-corrected chi connectivity index (χ0v) is 57.2. The molecule has 0 fully saturated rings. The summed E-state index contributed by atoms with van der Waals surface area (Å²) in [5.41, 5.74) is 5.40. The van der Waals surface area contributed by atoms with Crippen LogP contribution in [0.4, 0.5) is 0 Å². The summed E-state index contributed by atoms with van der Waals surface area (Å²) < 4.78 is 33.1. The molecule has 0 aliphatic carbocycles. The number of ether oxygens (including phenoxy) is 2. The molecule has 0 heterocycles. The molecule has 89 heavy (non-hydrogen) atoms. The van der Waals surface area contributed by atoms with Gasteiger partial charge in [-0.25, -0.2) is 4.57 Å². The van der Waals surface area contributed by atoms with Gasteiger partial charge in [0.05, 0.1) is 13.2 Å². The molecule has 3 N–H and O–H groups in total. The molecule has 2 unspecified atom stereocenters. The van der Waals surface area contributed by atoms with Crippen LogP contribution in [0.25, 0.3) is 0 Å². The Kier molecular flexibility index (Phi) is 68.2. The van der Waals surface area contributed by atoms with Gasteiger partial charge in [0.15, 0.2) is 6.10 Å². The molecule has 0 amide bonds. The molecule has 0 saturated heterocycles. The Balaban J connectivity index is 4.00. The standard InChI is InChI=1S/C79H128NO8P/c1-3-5-7-9-11-13-15-17-19-21-23-25-27-29-31-33-35-37-38-40-41-43-45-47-49-51-53-55-57-59-61-63-65-67-69-71-78(81)85-75-77(76-87-89(83,84)86-74-73-80)88-79(82)72-70-68-66-64-62-60-58-56-54-52-50-48-46-44-42-39-36-34-32-30-28-26-24-22-20-18-16-14-12-10-8-6-4-2/h5-8,11-14,17-20,23-26,29-32,36,39,44,46,50,52,56,58,62,64,77H,3-4,9-10,15-16,21-22,27-28,33-35,37-38,40-43,45,47-49,51,53-55,57,59-61,63,65-76,80H2,1-2H3,(H,83,84)/b7-5-,8-6-,13-11-,14-12-,19-17-,20-18-,25-23-,26-24-,31-29-,32-30-,39-36-,46-44-,52-50-,58-56-,64-62-.